The molecule has 5 nitrogen and oxygen atoms in total. The quantitative estimate of drug-likeness (QED) is 0.833. The molecule has 2 amide bonds. The van der Waals surface area contributed by atoms with Crippen molar-refractivity contribution < 1.29 is 19.1 Å². The molecule has 2 aromatic rings. The highest BCUT2D eigenvalue weighted by molar-refractivity contribution is 5.94. The Morgan fingerprint density at radius 2 is 1.71 bits per heavy atom. The van der Waals surface area contributed by atoms with Gasteiger partial charge >= 0.3 is 0 Å². The van der Waals surface area contributed by atoms with Gasteiger partial charge in [-0.05, 0) is 17.7 Å². The summed E-state index contributed by atoms with van der Waals surface area (Å²) in [4.78, 5) is 28.3. The highest BCUT2D eigenvalue weighted by Crippen LogP contribution is 2.41. The molecule has 1 heterocycles. The third-order valence-electron chi connectivity index (χ3n) is 5.42. The molecule has 3 atom stereocenters. The molecule has 1 saturated heterocycles. The zero-order chi connectivity index (χ0) is 20.3. The van der Waals surface area contributed by atoms with E-state index < -0.39 is 11.7 Å². The van der Waals surface area contributed by atoms with Crippen LogP contribution in [0.15, 0.2) is 54.6 Å². The van der Waals surface area contributed by atoms with E-state index in [-0.39, 0.29) is 42.6 Å². The minimum Gasteiger partial charge on any atom is -0.394 e. The SMILES string of the molecule is CCC(=O)N1[C@H](CO)[C@@H](c2ccccc2)[C@@H]1CN(C)C(=O)c1ccccc1F. The number of hydrogen-bond acceptors (Lipinski definition) is 3. The lowest BCUT2D eigenvalue weighted by molar-refractivity contribution is -0.151. The number of amides is 2. The standard InChI is InChI=1S/C22H25FN2O3/c1-3-20(27)25-18(21(19(25)14-26)15-9-5-4-6-10-15)13-24(2)22(28)16-11-7-8-12-17(16)23/h4-12,18-19,21,26H,3,13-14H2,1-2H3/t18-,19+,21-/m0/s1. The van der Waals surface area contributed by atoms with Crippen LogP contribution >= 0.6 is 0 Å². The molecule has 0 unspecified atom stereocenters. The lowest BCUT2D eigenvalue weighted by Gasteiger charge is -2.55. The van der Waals surface area contributed by atoms with Crippen LogP contribution in [0.5, 0.6) is 0 Å². The first-order valence-electron chi connectivity index (χ1n) is 9.46. The van der Waals surface area contributed by atoms with Gasteiger partial charge in [-0.3, -0.25) is 9.59 Å². The van der Waals surface area contributed by atoms with Crippen molar-refractivity contribution in [3.8, 4) is 0 Å². The van der Waals surface area contributed by atoms with Crippen LogP contribution < -0.4 is 0 Å². The van der Waals surface area contributed by atoms with Crippen molar-refractivity contribution in [3.05, 3.63) is 71.5 Å². The van der Waals surface area contributed by atoms with Crippen molar-refractivity contribution in [3.63, 3.8) is 0 Å². The predicted octanol–water partition coefficient (Wildman–Crippen LogP) is 2.66. The summed E-state index contributed by atoms with van der Waals surface area (Å²) in [6.07, 6.45) is 0.319. The molecule has 6 heteroatoms. The van der Waals surface area contributed by atoms with Crippen LogP contribution in [0.4, 0.5) is 4.39 Å². The Kier molecular flexibility index (Phi) is 6.09. The summed E-state index contributed by atoms with van der Waals surface area (Å²) in [5, 5.41) is 9.88. The maximum absolute atomic E-state index is 14.0. The molecule has 1 aliphatic heterocycles. The summed E-state index contributed by atoms with van der Waals surface area (Å²) in [7, 11) is 1.61. The first kappa shape index (κ1) is 20.0. The van der Waals surface area contributed by atoms with Crippen LogP contribution in [0.3, 0.4) is 0 Å². The van der Waals surface area contributed by atoms with Crippen LogP contribution in [0.25, 0.3) is 0 Å². The van der Waals surface area contributed by atoms with E-state index >= 15 is 0 Å². The van der Waals surface area contributed by atoms with Gasteiger partial charge in [0.15, 0.2) is 0 Å². The number of halogens is 1. The zero-order valence-corrected chi connectivity index (χ0v) is 16.1. The number of likely N-dealkylation sites (N-methyl/N-ethyl adjacent to an activating group) is 1. The summed E-state index contributed by atoms with van der Waals surface area (Å²) in [5.41, 5.74) is 1.02. The molecule has 1 N–H and O–H groups in total. The van der Waals surface area contributed by atoms with E-state index in [1.165, 1.54) is 23.1 Å². The van der Waals surface area contributed by atoms with Crippen LogP contribution in [-0.2, 0) is 4.79 Å². The van der Waals surface area contributed by atoms with E-state index in [2.05, 4.69) is 0 Å². The fourth-order valence-electron chi connectivity index (χ4n) is 4.03. The van der Waals surface area contributed by atoms with Crippen molar-refractivity contribution in [2.45, 2.75) is 31.3 Å². The number of rotatable bonds is 6. The lowest BCUT2D eigenvalue weighted by Crippen LogP contribution is -2.68. The molecule has 0 saturated carbocycles. The van der Waals surface area contributed by atoms with E-state index in [0.717, 1.165) is 5.56 Å². The van der Waals surface area contributed by atoms with Crippen molar-refractivity contribution >= 4 is 11.8 Å². The normalized spacial score (nSPS) is 21.1. The lowest BCUT2D eigenvalue weighted by atomic mass is 9.74. The van der Waals surface area contributed by atoms with E-state index in [4.69, 9.17) is 0 Å². The molecule has 0 bridgehead atoms. The molecule has 3 rings (SSSR count). The average Bonchev–Trinajstić information content (AvgIpc) is 2.71. The Balaban J connectivity index is 1.86. The van der Waals surface area contributed by atoms with Gasteiger partial charge in [0.1, 0.15) is 5.82 Å². The smallest absolute Gasteiger partial charge is 0.256 e. The second-order valence-corrected chi connectivity index (χ2v) is 7.07. The first-order chi connectivity index (χ1) is 13.5. The maximum atomic E-state index is 14.0. The summed E-state index contributed by atoms with van der Waals surface area (Å²) in [6.45, 7) is 1.89. The third-order valence-corrected chi connectivity index (χ3v) is 5.42. The van der Waals surface area contributed by atoms with Crippen molar-refractivity contribution in [2.75, 3.05) is 20.2 Å². The third kappa shape index (κ3) is 3.64. The number of likely N-dealkylation sites (tertiary alicyclic amines) is 1. The van der Waals surface area contributed by atoms with Crippen molar-refractivity contribution in [2.24, 2.45) is 0 Å². The Bertz CT molecular complexity index is 843. The van der Waals surface area contributed by atoms with Crippen LogP contribution in [0.2, 0.25) is 0 Å². The van der Waals surface area contributed by atoms with Gasteiger partial charge in [-0.2, -0.15) is 0 Å². The Morgan fingerprint density at radius 3 is 2.32 bits per heavy atom. The molecule has 0 spiro atoms. The molecule has 2 aromatic carbocycles. The fourth-order valence-corrected chi connectivity index (χ4v) is 4.03. The number of hydrogen-bond donors (Lipinski definition) is 1. The van der Waals surface area contributed by atoms with E-state index in [0.29, 0.717) is 6.42 Å². The molecule has 0 radical (unpaired) electrons. The zero-order valence-electron chi connectivity index (χ0n) is 16.1. The summed E-state index contributed by atoms with van der Waals surface area (Å²) in [6, 6.07) is 14.9. The topological polar surface area (TPSA) is 60.9 Å². The number of aliphatic hydroxyl groups is 1. The van der Waals surface area contributed by atoms with Gasteiger partial charge in [0.05, 0.1) is 24.3 Å². The van der Waals surface area contributed by atoms with E-state index in [9.17, 15) is 19.1 Å². The second-order valence-electron chi connectivity index (χ2n) is 7.07. The van der Waals surface area contributed by atoms with E-state index in [1.54, 1.807) is 24.9 Å². The first-order valence-corrected chi connectivity index (χ1v) is 9.46. The largest absolute Gasteiger partial charge is 0.394 e. The minimum atomic E-state index is -0.567. The predicted molar refractivity (Wildman–Crippen MR) is 104 cm³/mol. The molecule has 148 valence electrons. The molecular weight excluding hydrogens is 359 g/mol. The van der Waals surface area contributed by atoms with Gasteiger partial charge in [-0.25, -0.2) is 4.39 Å². The van der Waals surface area contributed by atoms with Gasteiger partial charge in [-0.1, -0.05) is 49.4 Å². The Morgan fingerprint density at radius 1 is 1.07 bits per heavy atom. The molecular formula is C22H25FN2O3. The van der Waals surface area contributed by atoms with Gasteiger partial charge in [0.2, 0.25) is 5.91 Å². The number of nitrogens with zero attached hydrogens (tertiary/aromatic N) is 2. The second kappa shape index (κ2) is 8.52. The molecule has 1 fully saturated rings. The molecule has 1 aliphatic rings. The fraction of sp³-hybridized carbons (Fsp3) is 0.364. The summed E-state index contributed by atoms with van der Waals surface area (Å²) in [5.74, 6) is -1.15. The molecule has 0 aliphatic carbocycles. The molecule has 0 aromatic heterocycles. The van der Waals surface area contributed by atoms with Gasteiger partial charge in [0, 0.05) is 25.9 Å². The van der Waals surface area contributed by atoms with Crippen molar-refractivity contribution in [1.29, 1.82) is 0 Å². The highest BCUT2D eigenvalue weighted by atomic mass is 19.1. The van der Waals surface area contributed by atoms with Crippen LogP contribution in [-0.4, -0.2) is 59.0 Å². The number of benzene rings is 2. The van der Waals surface area contributed by atoms with Gasteiger partial charge < -0.3 is 14.9 Å². The van der Waals surface area contributed by atoms with Crippen LogP contribution in [0, 0.1) is 5.82 Å². The highest BCUT2D eigenvalue weighted by Gasteiger charge is 2.51. The van der Waals surface area contributed by atoms with Crippen LogP contribution in [0.1, 0.15) is 35.2 Å². The number of carbonyl (C=O) groups is 2. The maximum Gasteiger partial charge on any atom is 0.256 e. The Labute approximate surface area is 164 Å². The summed E-state index contributed by atoms with van der Waals surface area (Å²) < 4.78 is 14.0. The Hall–Kier alpha value is -2.73. The summed E-state index contributed by atoms with van der Waals surface area (Å²) >= 11 is 0. The van der Waals surface area contributed by atoms with Crippen molar-refractivity contribution in [1.82, 2.24) is 9.80 Å². The monoisotopic (exact) mass is 384 g/mol. The molecule has 28 heavy (non-hydrogen) atoms. The average molecular weight is 384 g/mol. The number of carbonyl (C=O) groups excluding carboxylic acids is 2. The number of aliphatic hydroxyl groups excluding tert-OH is 1. The van der Waals surface area contributed by atoms with E-state index in [1.807, 2.05) is 30.3 Å². The minimum absolute atomic E-state index is 0.00709. The van der Waals surface area contributed by atoms with Gasteiger partial charge in [0.25, 0.3) is 5.91 Å². The van der Waals surface area contributed by atoms with Gasteiger partial charge in [-0.15, -0.1) is 0 Å².